The molecule has 1 aromatic heterocycles. The fourth-order valence-corrected chi connectivity index (χ4v) is 2.62. The van der Waals surface area contributed by atoms with Crippen molar-refractivity contribution in [2.45, 2.75) is 20.8 Å². The Morgan fingerprint density at radius 3 is 2.24 bits per heavy atom. The third-order valence-corrected chi connectivity index (χ3v) is 4.05. The summed E-state index contributed by atoms with van der Waals surface area (Å²) < 4.78 is 0. The van der Waals surface area contributed by atoms with Gasteiger partial charge >= 0.3 is 0 Å². The van der Waals surface area contributed by atoms with Crippen LogP contribution in [0.1, 0.15) is 27.2 Å². The highest BCUT2D eigenvalue weighted by atomic mass is 16.1. The van der Waals surface area contributed by atoms with E-state index in [1.54, 1.807) is 12.3 Å². The van der Waals surface area contributed by atoms with Gasteiger partial charge in [-0.25, -0.2) is 0 Å². The molecule has 1 heterocycles. The Balaban J connectivity index is 1.79. The highest BCUT2D eigenvalue weighted by Crippen LogP contribution is 2.24. The van der Waals surface area contributed by atoms with Crippen molar-refractivity contribution in [2.75, 3.05) is 10.6 Å². The lowest BCUT2D eigenvalue weighted by molar-refractivity contribution is 0.102. The number of para-hydroxylation sites is 1. The zero-order valence-corrected chi connectivity index (χ0v) is 14.6. The maximum atomic E-state index is 12.4. The molecule has 0 radical (unpaired) electrons. The first-order valence-electron chi connectivity index (χ1n) is 8.20. The van der Waals surface area contributed by atoms with E-state index in [1.165, 1.54) is 0 Å². The number of nitrogens with one attached hydrogen (secondary N) is 2. The Labute approximate surface area is 147 Å². The number of aryl methyl sites for hydroxylation is 3. The van der Waals surface area contributed by atoms with Gasteiger partial charge in [0.15, 0.2) is 0 Å². The summed E-state index contributed by atoms with van der Waals surface area (Å²) in [7, 11) is 0. The number of hydrogen-bond acceptors (Lipinski definition) is 3. The fraction of sp³-hybridized carbons (Fsp3) is 0.143. The van der Waals surface area contributed by atoms with Crippen molar-refractivity contribution in [2.24, 2.45) is 0 Å². The topological polar surface area (TPSA) is 54.0 Å². The molecule has 3 aromatic rings. The number of nitrogens with zero attached hydrogens (tertiary/aromatic N) is 1. The van der Waals surface area contributed by atoms with E-state index in [0.29, 0.717) is 5.69 Å². The monoisotopic (exact) mass is 331 g/mol. The number of hydrogen-bond donors (Lipinski definition) is 2. The molecule has 25 heavy (non-hydrogen) atoms. The minimum absolute atomic E-state index is 0.228. The Morgan fingerprint density at radius 2 is 1.56 bits per heavy atom. The molecular formula is C21H21N3O. The summed E-state index contributed by atoms with van der Waals surface area (Å²) in [6.07, 6.45) is 1.64. The van der Waals surface area contributed by atoms with E-state index in [-0.39, 0.29) is 5.91 Å². The SMILES string of the molecule is Cc1ccc(NC(=O)c2cc(Nc3c(C)cccc3C)ccn2)cc1. The van der Waals surface area contributed by atoms with Crippen LogP contribution in [0.25, 0.3) is 0 Å². The van der Waals surface area contributed by atoms with Crippen molar-refractivity contribution in [3.8, 4) is 0 Å². The zero-order valence-electron chi connectivity index (χ0n) is 14.6. The van der Waals surface area contributed by atoms with E-state index in [2.05, 4.69) is 41.6 Å². The first-order chi connectivity index (χ1) is 12.0. The van der Waals surface area contributed by atoms with Gasteiger partial charge in [0, 0.05) is 23.3 Å². The molecule has 0 fully saturated rings. The minimum atomic E-state index is -0.228. The lowest BCUT2D eigenvalue weighted by Gasteiger charge is -2.13. The van der Waals surface area contributed by atoms with Crippen LogP contribution < -0.4 is 10.6 Å². The standard InChI is InChI=1S/C21H21N3O/c1-14-7-9-17(10-8-14)24-21(25)19-13-18(11-12-22-19)23-20-15(2)5-4-6-16(20)3/h4-13H,1-3H3,(H,22,23)(H,24,25). The molecule has 3 rings (SSSR count). The lowest BCUT2D eigenvalue weighted by atomic mass is 10.1. The first kappa shape index (κ1) is 16.7. The van der Waals surface area contributed by atoms with Gasteiger partial charge < -0.3 is 10.6 Å². The van der Waals surface area contributed by atoms with Gasteiger partial charge in [0.1, 0.15) is 5.69 Å². The molecule has 0 aliphatic rings. The number of amides is 1. The number of carbonyl (C=O) groups excluding carboxylic acids is 1. The summed E-state index contributed by atoms with van der Waals surface area (Å²) in [5.41, 5.74) is 6.48. The van der Waals surface area contributed by atoms with Crippen LogP contribution in [0.2, 0.25) is 0 Å². The lowest BCUT2D eigenvalue weighted by Crippen LogP contribution is -2.13. The Kier molecular flexibility index (Phi) is 4.80. The van der Waals surface area contributed by atoms with Gasteiger partial charge in [0.05, 0.1) is 0 Å². The van der Waals surface area contributed by atoms with Crippen LogP contribution in [-0.4, -0.2) is 10.9 Å². The maximum Gasteiger partial charge on any atom is 0.274 e. The molecule has 1 amide bonds. The van der Waals surface area contributed by atoms with Gasteiger partial charge in [-0.3, -0.25) is 9.78 Å². The molecule has 0 unspecified atom stereocenters. The number of aromatic nitrogens is 1. The second-order valence-corrected chi connectivity index (χ2v) is 6.14. The van der Waals surface area contributed by atoms with Gasteiger partial charge in [-0.2, -0.15) is 0 Å². The second kappa shape index (κ2) is 7.18. The fourth-order valence-electron chi connectivity index (χ4n) is 2.62. The van der Waals surface area contributed by atoms with Crippen LogP contribution in [0.5, 0.6) is 0 Å². The second-order valence-electron chi connectivity index (χ2n) is 6.14. The number of pyridine rings is 1. The van der Waals surface area contributed by atoms with Crippen molar-refractivity contribution < 1.29 is 4.79 Å². The van der Waals surface area contributed by atoms with Gasteiger partial charge in [-0.15, -0.1) is 0 Å². The molecule has 4 heteroatoms. The predicted molar refractivity (Wildman–Crippen MR) is 103 cm³/mol. The average Bonchev–Trinajstić information content (AvgIpc) is 2.60. The van der Waals surface area contributed by atoms with E-state index >= 15 is 0 Å². The van der Waals surface area contributed by atoms with E-state index in [1.807, 2.05) is 43.3 Å². The van der Waals surface area contributed by atoms with Crippen LogP contribution in [0.4, 0.5) is 17.1 Å². The summed E-state index contributed by atoms with van der Waals surface area (Å²) in [6, 6.07) is 17.4. The number of rotatable bonds is 4. The van der Waals surface area contributed by atoms with Crippen LogP contribution in [0.15, 0.2) is 60.8 Å². The van der Waals surface area contributed by atoms with Crippen LogP contribution in [0, 0.1) is 20.8 Å². The molecule has 4 nitrogen and oxygen atoms in total. The van der Waals surface area contributed by atoms with Crippen LogP contribution in [0.3, 0.4) is 0 Å². The third kappa shape index (κ3) is 4.04. The van der Waals surface area contributed by atoms with E-state index in [4.69, 9.17) is 0 Å². The molecule has 2 aromatic carbocycles. The molecule has 0 saturated heterocycles. The zero-order chi connectivity index (χ0) is 17.8. The minimum Gasteiger partial charge on any atom is -0.355 e. The average molecular weight is 331 g/mol. The summed E-state index contributed by atoms with van der Waals surface area (Å²) in [4.78, 5) is 16.6. The normalized spacial score (nSPS) is 10.4. The molecule has 126 valence electrons. The number of carbonyl (C=O) groups is 1. The molecule has 0 spiro atoms. The molecule has 2 N–H and O–H groups in total. The molecule has 0 atom stereocenters. The van der Waals surface area contributed by atoms with Crippen LogP contribution >= 0.6 is 0 Å². The molecular weight excluding hydrogens is 310 g/mol. The molecule has 0 aliphatic carbocycles. The Bertz CT molecular complexity index is 881. The van der Waals surface area contributed by atoms with Gasteiger partial charge in [0.2, 0.25) is 0 Å². The largest absolute Gasteiger partial charge is 0.355 e. The first-order valence-corrected chi connectivity index (χ1v) is 8.20. The smallest absolute Gasteiger partial charge is 0.274 e. The van der Waals surface area contributed by atoms with Crippen molar-refractivity contribution in [3.05, 3.63) is 83.2 Å². The summed E-state index contributed by atoms with van der Waals surface area (Å²) in [6.45, 7) is 6.12. The molecule has 0 saturated carbocycles. The van der Waals surface area contributed by atoms with Crippen molar-refractivity contribution in [1.29, 1.82) is 0 Å². The van der Waals surface area contributed by atoms with Crippen LogP contribution in [-0.2, 0) is 0 Å². The molecule has 0 bridgehead atoms. The quantitative estimate of drug-likeness (QED) is 0.707. The number of benzene rings is 2. The van der Waals surface area contributed by atoms with Crippen molar-refractivity contribution >= 4 is 23.0 Å². The Hall–Kier alpha value is -3.14. The van der Waals surface area contributed by atoms with E-state index < -0.39 is 0 Å². The highest BCUT2D eigenvalue weighted by Gasteiger charge is 2.10. The summed E-state index contributed by atoms with van der Waals surface area (Å²) in [5, 5.41) is 6.26. The number of anilines is 3. The molecule has 0 aliphatic heterocycles. The third-order valence-electron chi connectivity index (χ3n) is 4.05. The van der Waals surface area contributed by atoms with Crippen molar-refractivity contribution in [1.82, 2.24) is 4.98 Å². The van der Waals surface area contributed by atoms with Gasteiger partial charge in [-0.1, -0.05) is 35.9 Å². The predicted octanol–water partition coefficient (Wildman–Crippen LogP) is 5.00. The maximum absolute atomic E-state index is 12.4. The summed E-state index contributed by atoms with van der Waals surface area (Å²) in [5.74, 6) is -0.228. The highest BCUT2D eigenvalue weighted by molar-refractivity contribution is 6.03. The van der Waals surface area contributed by atoms with E-state index in [9.17, 15) is 4.79 Å². The Morgan fingerprint density at radius 1 is 0.880 bits per heavy atom. The van der Waals surface area contributed by atoms with Crippen molar-refractivity contribution in [3.63, 3.8) is 0 Å². The van der Waals surface area contributed by atoms with Gasteiger partial charge in [-0.05, 0) is 56.2 Å². The van der Waals surface area contributed by atoms with Gasteiger partial charge in [0.25, 0.3) is 5.91 Å². The van der Waals surface area contributed by atoms with E-state index in [0.717, 1.165) is 33.8 Å². The summed E-state index contributed by atoms with van der Waals surface area (Å²) >= 11 is 0.